The van der Waals surface area contributed by atoms with Crippen LogP contribution in [0, 0.1) is 0 Å². The molecule has 0 unspecified atom stereocenters. The monoisotopic (exact) mass is 392 g/mol. The van der Waals surface area contributed by atoms with E-state index in [2.05, 4.69) is 25.1 Å². The molecule has 0 aromatic carbocycles. The minimum Gasteiger partial charge on any atom is -0.383 e. The zero-order chi connectivity index (χ0) is 20.1. The van der Waals surface area contributed by atoms with Crippen molar-refractivity contribution in [1.82, 2.24) is 30.1 Å². The van der Waals surface area contributed by atoms with Gasteiger partial charge in [-0.2, -0.15) is 10.1 Å². The molecule has 1 saturated carbocycles. The molecule has 8 nitrogen and oxygen atoms in total. The Morgan fingerprint density at radius 1 is 1.28 bits per heavy atom. The van der Waals surface area contributed by atoms with Gasteiger partial charge in [0.05, 0.1) is 34.0 Å². The number of halogens is 1. The lowest BCUT2D eigenvalue weighted by Gasteiger charge is -2.24. The molecule has 0 radical (unpaired) electrons. The van der Waals surface area contributed by atoms with Crippen LogP contribution in [0.15, 0.2) is 36.7 Å². The van der Waals surface area contributed by atoms with Crippen LogP contribution in [0.5, 0.6) is 0 Å². The molecular formula is C20H21FN8. The molecule has 9 heteroatoms. The summed E-state index contributed by atoms with van der Waals surface area (Å²) in [5, 5.41) is 7.14. The van der Waals surface area contributed by atoms with Gasteiger partial charge in [-0.15, -0.1) is 0 Å². The molecule has 4 aromatic heterocycles. The maximum atomic E-state index is 13.3. The number of nitrogens with zero attached hydrogens (tertiary/aromatic N) is 5. The van der Waals surface area contributed by atoms with Gasteiger partial charge in [-0.1, -0.05) is 0 Å². The van der Waals surface area contributed by atoms with Crippen molar-refractivity contribution in [3.05, 3.63) is 48.0 Å². The summed E-state index contributed by atoms with van der Waals surface area (Å²) >= 11 is 0. The summed E-state index contributed by atoms with van der Waals surface area (Å²) in [4.78, 5) is 18.7. The van der Waals surface area contributed by atoms with Crippen LogP contribution in [0.1, 0.15) is 36.7 Å². The zero-order valence-electron chi connectivity index (χ0n) is 16.1. The van der Waals surface area contributed by atoms with E-state index in [-0.39, 0.29) is 12.0 Å². The number of fused-ring (bicyclic) bond motifs is 1. The highest BCUT2D eigenvalue weighted by molar-refractivity contribution is 5.75. The Labute approximate surface area is 166 Å². The summed E-state index contributed by atoms with van der Waals surface area (Å²) < 4.78 is 13.3. The average Bonchev–Trinajstić information content (AvgIpc) is 3.13. The largest absolute Gasteiger partial charge is 0.383 e. The molecule has 0 bridgehead atoms. The molecule has 1 aliphatic carbocycles. The fourth-order valence-electron chi connectivity index (χ4n) is 3.46. The van der Waals surface area contributed by atoms with Gasteiger partial charge < -0.3 is 15.6 Å². The molecule has 0 amide bonds. The van der Waals surface area contributed by atoms with Crippen LogP contribution in [-0.4, -0.2) is 43.4 Å². The lowest BCUT2D eigenvalue weighted by Crippen LogP contribution is -2.24. The molecule has 4 aromatic rings. The van der Waals surface area contributed by atoms with Crippen LogP contribution in [0.2, 0.25) is 0 Å². The minimum atomic E-state index is -0.784. The highest BCUT2D eigenvalue weighted by atomic mass is 19.1. The first-order valence-electron chi connectivity index (χ1n) is 9.50. The topological polar surface area (TPSA) is 112 Å². The Hall–Kier alpha value is -3.49. The standard InChI is InChI=1S/C20H21FN8/c1-10(14-3-4-15-16(25-14)5-6-23-15)29(2)20-24-9-12(19(22)26-20)18-8-17(27-28-18)11-7-13(11)21/h3-6,8-11,13,23H,7H2,1-2H3,(H,27,28)(H2,22,24,26)/t10-,11+,13+/m1/s1. The van der Waals surface area contributed by atoms with E-state index in [0.717, 1.165) is 22.4 Å². The van der Waals surface area contributed by atoms with Gasteiger partial charge in [0.1, 0.15) is 12.0 Å². The lowest BCUT2D eigenvalue weighted by atomic mass is 10.2. The maximum absolute atomic E-state index is 13.3. The molecule has 148 valence electrons. The normalized spacial score (nSPS) is 19.4. The van der Waals surface area contributed by atoms with Crippen molar-refractivity contribution in [1.29, 1.82) is 0 Å². The molecule has 1 fully saturated rings. The minimum absolute atomic E-state index is 0.0482. The van der Waals surface area contributed by atoms with E-state index in [1.807, 2.05) is 49.3 Å². The summed E-state index contributed by atoms with van der Waals surface area (Å²) in [5.41, 5.74) is 11.1. The number of hydrogen-bond donors (Lipinski definition) is 3. The summed E-state index contributed by atoms with van der Waals surface area (Å²) in [6, 6.07) is 7.71. The maximum Gasteiger partial charge on any atom is 0.227 e. The van der Waals surface area contributed by atoms with Crippen molar-refractivity contribution in [2.45, 2.75) is 31.5 Å². The number of pyridine rings is 1. The average molecular weight is 392 g/mol. The Kier molecular flexibility index (Phi) is 3.97. The Balaban J connectivity index is 1.39. The Morgan fingerprint density at radius 2 is 2.10 bits per heavy atom. The summed E-state index contributed by atoms with van der Waals surface area (Å²) in [6.07, 6.45) is 3.28. The van der Waals surface area contributed by atoms with Gasteiger partial charge in [0.15, 0.2) is 0 Å². The zero-order valence-corrected chi connectivity index (χ0v) is 16.1. The molecule has 0 spiro atoms. The van der Waals surface area contributed by atoms with Gasteiger partial charge in [-0.05, 0) is 37.6 Å². The lowest BCUT2D eigenvalue weighted by molar-refractivity contribution is 0.466. The van der Waals surface area contributed by atoms with Crippen molar-refractivity contribution in [2.75, 3.05) is 17.7 Å². The van der Waals surface area contributed by atoms with Crippen molar-refractivity contribution in [2.24, 2.45) is 0 Å². The number of alkyl halides is 1. The Bertz CT molecular complexity index is 1180. The number of aromatic amines is 2. The first-order chi connectivity index (χ1) is 14.0. The fraction of sp³-hybridized carbons (Fsp3) is 0.300. The van der Waals surface area contributed by atoms with E-state index >= 15 is 0 Å². The SMILES string of the molecule is C[C@H](c1ccc2[nH]ccc2n1)N(C)c1ncc(-c2cc([C@H]3C[C@@H]3F)[nH]n2)c(N)n1. The van der Waals surface area contributed by atoms with Gasteiger partial charge in [0.25, 0.3) is 0 Å². The molecular weight excluding hydrogens is 371 g/mol. The first-order valence-corrected chi connectivity index (χ1v) is 9.50. The van der Waals surface area contributed by atoms with E-state index in [0.29, 0.717) is 29.4 Å². The molecule has 5 rings (SSSR count). The van der Waals surface area contributed by atoms with Gasteiger partial charge in [0.2, 0.25) is 5.95 Å². The number of rotatable bonds is 5. The van der Waals surface area contributed by atoms with Crippen LogP contribution in [0.25, 0.3) is 22.3 Å². The van der Waals surface area contributed by atoms with Crippen LogP contribution >= 0.6 is 0 Å². The number of anilines is 2. The smallest absolute Gasteiger partial charge is 0.227 e. The third kappa shape index (κ3) is 3.08. The van der Waals surface area contributed by atoms with Crippen molar-refractivity contribution >= 4 is 22.8 Å². The quantitative estimate of drug-likeness (QED) is 0.480. The summed E-state index contributed by atoms with van der Waals surface area (Å²) in [6.45, 7) is 2.04. The molecule has 0 aliphatic heterocycles. The number of nitrogens with one attached hydrogen (secondary N) is 2. The number of nitrogen functional groups attached to an aromatic ring is 1. The number of aromatic nitrogens is 6. The van der Waals surface area contributed by atoms with Gasteiger partial charge in [0, 0.05) is 31.1 Å². The fourth-order valence-corrected chi connectivity index (χ4v) is 3.46. The van der Waals surface area contributed by atoms with E-state index < -0.39 is 6.17 Å². The first kappa shape index (κ1) is 17.6. The van der Waals surface area contributed by atoms with Crippen LogP contribution in [0.4, 0.5) is 16.2 Å². The molecule has 4 N–H and O–H groups in total. The predicted molar refractivity (Wildman–Crippen MR) is 109 cm³/mol. The van der Waals surface area contributed by atoms with Crippen LogP contribution < -0.4 is 10.6 Å². The molecule has 4 heterocycles. The third-order valence-electron chi connectivity index (χ3n) is 5.54. The van der Waals surface area contributed by atoms with Gasteiger partial charge in [-0.25, -0.2) is 14.4 Å². The summed E-state index contributed by atoms with van der Waals surface area (Å²) in [5.74, 6) is 0.736. The highest BCUT2D eigenvalue weighted by Crippen LogP contribution is 2.43. The van der Waals surface area contributed by atoms with E-state index in [4.69, 9.17) is 10.7 Å². The summed E-state index contributed by atoms with van der Waals surface area (Å²) in [7, 11) is 1.91. The second-order valence-corrected chi connectivity index (χ2v) is 7.47. The van der Waals surface area contributed by atoms with Crippen LogP contribution in [0.3, 0.4) is 0 Å². The van der Waals surface area contributed by atoms with E-state index in [9.17, 15) is 4.39 Å². The van der Waals surface area contributed by atoms with E-state index in [1.54, 1.807) is 6.20 Å². The molecule has 0 saturated heterocycles. The third-order valence-corrected chi connectivity index (χ3v) is 5.54. The van der Waals surface area contributed by atoms with E-state index in [1.165, 1.54) is 0 Å². The van der Waals surface area contributed by atoms with Crippen molar-refractivity contribution in [3.63, 3.8) is 0 Å². The Morgan fingerprint density at radius 3 is 2.86 bits per heavy atom. The predicted octanol–water partition coefficient (Wildman–Crippen LogP) is 3.35. The molecule has 1 aliphatic rings. The van der Waals surface area contributed by atoms with Gasteiger partial charge in [-0.3, -0.25) is 5.10 Å². The second kappa shape index (κ2) is 6.54. The second-order valence-electron chi connectivity index (χ2n) is 7.47. The number of nitrogens with two attached hydrogens (primary N) is 1. The molecule has 29 heavy (non-hydrogen) atoms. The highest BCUT2D eigenvalue weighted by Gasteiger charge is 2.40. The van der Waals surface area contributed by atoms with Crippen LogP contribution in [-0.2, 0) is 0 Å². The van der Waals surface area contributed by atoms with Crippen molar-refractivity contribution < 1.29 is 4.39 Å². The van der Waals surface area contributed by atoms with Gasteiger partial charge >= 0.3 is 0 Å². The molecule has 3 atom stereocenters. The van der Waals surface area contributed by atoms with Crippen molar-refractivity contribution in [3.8, 4) is 11.3 Å². The number of hydrogen-bond acceptors (Lipinski definition) is 6. The number of H-pyrrole nitrogens is 2.